The predicted octanol–water partition coefficient (Wildman–Crippen LogP) is 4.31. The summed E-state index contributed by atoms with van der Waals surface area (Å²) in [6.45, 7) is 4.90. The molecular weight excluding hydrogens is 263 g/mol. The van der Waals surface area contributed by atoms with Gasteiger partial charge in [0.15, 0.2) is 0 Å². The number of benzene rings is 1. The van der Waals surface area contributed by atoms with Gasteiger partial charge >= 0.3 is 0 Å². The zero-order chi connectivity index (χ0) is 15.0. The molecule has 2 nitrogen and oxygen atoms in total. The van der Waals surface area contributed by atoms with Crippen LogP contribution in [-0.2, 0) is 0 Å². The van der Waals surface area contributed by atoms with Gasteiger partial charge < -0.3 is 10.6 Å². The summed E-state index contributed by atoms with van der Waals surface area (Å²) in [6.07, 6.45) is 7.93. The lowest BCUT2D eigenvalue weighted by molar-refractivity contribution is 0.243. The van der Waals surface area contributed by atoms with Crippen LogP contribution in [0.15, 0.2) is 12.1 Å². The van der Waals surface area contributed by atoms with Crippen LogP contribution in [0.3, 0.4) is 0 Å². The normalized spacial score (nSPS) is 27.3. The average molecular weight is 290 g/mol. The highest BCUT2D eigenvalue weighted by molar-refractivity contribution is 5.58. The Kier molecular flexibility index (Phi) is 4.21. The Labute approximate surface area is 127 Å². The second-order valence-corrected chi connectivity index (χ2v) is 6.90. The molecule has 0 bridgehead atoms. The summed E-state index contributed by atoms with van der Waals surface area (Å²) in [6, 6.07) is 4.18. The molecule has 1 heterocycles. The Morgan fingerprint density at radius 2 is 1.90 bits per heavy atom. The first-order chi connectivity index (χ1) is 10.1. The van der Waals surface area contributed by atoms with Crippen LogP contribution in [-0.4, -0.2) is 12.6 Å². The zero-order valence-corrected chi connectivity index (χ0v) is 13.2. The van der Waals surface area contributed by atoms with Gasteiger partial charge in [-0.05, 0) is 68.7 Å². The predicted molar refractivity (Wildman–Crippen MR) is 86.1 cm³/mol. The van der Waals surface area contributed by atoms with E-state index in [2.05, 4.69) is 4.90 Å². The van der Waals surface area contributed by atoms with Crippen LogP contribution in [0.4, 0.5) is 10.1 Å². The van der Waals surface area contributed by atoms with Crippen molar-refractivity contribution in [1.82, 2.24) is 0 Å². The van der Waals surface area contributed by atoms with E-state index < -0.39 is 0 Å². The standard InChI is InChI=1S/C18H27FN2/c1-12-10-18(15(13(2)20)11-16(12)19)21-9-5-7-14-6-3-4-8-17(14)21/h10-11,13-14,17H,3-9,20H2,1-2H3/t13-,14?,17?/m0/s1. The molecule has 1 aliphatic heterocycles. The topological polar surface area (TPSA) is 29.3 Å². The Morgan fingerprint density at radius 3 is 2.67 bits per heavy atom. The molecule has 2 unspecified atom stereocenters. The molecule has 2 fully saturated rings. The molecule has 1 aliphatic carbocycles. The zero-order valence-electron chi connectivity index (χ0n) is 13.2. The van der Waals surface area contributed by atoms with Crippen molar-refractivity contribution < 1.29 is 4.39 Å². The van der Waals surface area contributed by atoms with E-state index in [0.717, 1.165) is 23.6 Å². The van der Waals surface area contributed by atoms with Gasteiger partial charge in [-0.25, -0.2) is 4.39 Å². The van der Waals surface area contributed by atoms with Crippen molar-refractivity contribution in [2.75, 3.05) is 11.4 Å². The minimum atomic E-state index is -0.136. The molecule has 0 amide bonds. The molecular formula is C18H27FN2. The lowest BCUT2D eigenvalue weighted by atomic mass is 9.78. The fourth-order valence-corrected chi connectivity index (χ4v) is 4.22. The van der Waals surface area contributed by atoms with Gasteiger partial charge in [-0.1, -0.05) is 12.8 Å². The number of hydrogen-bond donors (Lipinski definition) is 1. The molecule has 1 aromatic rings. The molecule has 0 radical (unpaired) electrons. The summed E-state index contributed by atoms with van der Waals surface area (Å²) in [5.74, 6) is 0.682. The summed E-state index contributed by atoms with van der Waals surface area (Å²) in [7, 11) is 0. The number of hydrogen-bond acceptors (Lipinski definition) is 2. The van der Waals surface area contributed by atoms with Crippen LogP contribution in [0.2, 0.25) is 0 Å². The van der Waals surface area contributed by atoms with Gasteiger partial charge in [0.1, 0.15) is 5.82 Å². The Bertz CT molecular complexity index is 510. The fourth-order valence-electron chi connectivity index (χ4n) is 4.22. The molecule has 3 atom stereocenters. The Morgan fingerprint density at radius 1 is 1.19 bits per heavy atom. The highest BCUT2D eigenvalue weighted by Crippen LogP contribution is 2.40. The maximum absolute atomic E-state index is 13.9. The third-order valence-electron chi connectivity index (χ3n) is 5.35. The van der Waals surface area contributed by atoms with Crippen LogP contribution >= 0.6 is 0 Å². The van der Waals surface area contributed by atoms with E-state index in [1.165, 1.54) is 44.2 Å². The number of halogens is 1. The molecule has 1 saturated carbocycles. The summed E-state index contributed by atoms with van der Waals surface area (Å²) in [4.78, 5) is 2.54. The van der Waals surface area contributed by atoms with Crippen LogP contribution in [0.25, 0.3) is 0 Å². The average Bonchev–Trinajstić information content (AvgIpc) is 2.49. The Balaban J connectivity index is 1.99. The second-order valence-electron chi connectivity index (χ2n) is 6.90. The van der Waals surface area contributed by atoms with Crippen LogP contribution < -0.4 is 10.6 Å². The van der Waals surface area contributed by atoms with Gasteiger partial charge in [0, 0.05) is 24.3 Å². The molecule has 3 rings (SSSR count). The van der Waals surface area contributed by atoms with Crippen molar-refractivity contribution in [3.8, 4) is 0 Å². The van der Waals surface area contributed by atoms with E-state index in [9.17, 15) is 4.39 Å². The number of fused-ring (bicyclic) bond motifs is 1. The third kappa shape index (κ3) is 2.80. The summed E-state index contributed by atoms with van der Waals surface area (Å²) in [5.41, 5.74) is 8.99. The molecule has 1 saturated heterocycles. The summed E-state index contributed by atoms with van der Waals surface area (Å²) in [5, 5.41) is 0. The molecule has 2 N–H and O–H groups in total. The first-order valence-corrected chi connectivity index (χ1v) is 8.40. The molecule has 3 heteroatoms. The van der Waals surface area contributed by atoms with E-state index in [0.29, 0.717) is 6.04 Å². The number of rotatable bonds is 2. The van der Waals surface area contributed by atoms with Gasteiger partial charge in [-0.3, -0.25) is 0 Å². The van der Waals surface area contributed by atoms with Crippen LogP contribution in [0, 0.1) is 18.7 Å². The Hall–Kier alpha value is -1.09. The van der Waals surface area contributed by atoms with Gasteiger partial charge in [-0.15, -0.1) is 0 Å². The third-order valence-corrected chi connectivity index (χ3v) is 5.35. The van der Waals surface area contributed by atoms with Crippen LogP contribution in [0.5, 0.6) is 0 Å². The summed E-state index contributed by atoms with van der Waals surface area (Å²) >= 11 is 0. The number of nitrogens with two attached hydrogens (primary N) is 1. The van der Waals surface area contributed by atoms with Gasteiger partial charge in [0.05, 0.1) is 0 Å². The molecule has 1 aromatic carbocycles. The van der Waals surface area contributed by atoms with Crippen LogP contribution in [0.1, 0.15) is 62.6 Å². The molecule has 116 valence electrons. The molecule has 21 heavy (non-hydrogen) atoms. The minimum absolute atomic E-state index is 0.126. The maximum atomic E-state index is 13.9. The van der Waals surface area contributed by atoms with Gasteiger partial charge in [0.25, 0.3) is 0 Å². The fraction of sp³-hybridized carbons (Fsp3) is 0.667. The number of aryl methyl sites for hydroxylation is 1. The van der Waals surface area contributed by atoms with E-state index in [1.54, 1.807) is 6.07 Å². The minimum Gasteiger partial charge on any atom is -0.368 e. The number of nitrogens with zero attached hydrogens (tertiary/aromatic N) is 1. The van der Waals surface area contributed by atoms with Crippen molar-refractivity contribution in [3.63, 3.8) is 0 Å². The smallest absolute Gasteiger partial charge is 0.126 e. The van der Waals surface area contributed by atoms with Gasteiger partial charge in [-0.2, -0.15) is 0 Å². The number of piperidine rings is 1. The molecule has 0 spiro atoms. The highest BCUT2D eigenvalue weighted by Gasteiger charge is 2.34. The van der Waals surface area contributed by atoms with Crippen molar-refractivity contribution in [2.24, 2.45) is 11.7 Å². The van der Waals surface area contributed by atoms with Gasteiger partial charge in [0.2, 0.25) is 0 Å². The second kappa shape index (κ2) is 5.96. The number of anilines is 1. The first kappa shape index (κ1) is 14.8. The van der Waals surface area contributed by atoms with Crippen molar-refractivity contribution in [3.05, 3.63) is 29.1 Å². The van der Waals surface area contributed by atoms with E-state index in [4.69, 9.17) is 5.73 Å². The molecule has 0 aromatic heterocycles. The summed E-state index contributed by atoms with van der Waals surface area (Å²) < 4.78 is 13.9. The lowest BCUT2D eigenvalue weighted by Crippen LogP contribution is -2.47. The largest absolute Gasteiger partial charge is 0.368 e. The SMILES string of the molecule is Cc1cc(N2CCCC3CCCCC32)c([C@H](C)N)cc1F. The highest BCUT2D eigenvalue weighted by atomic mass is 19.1. The van der Waals surface area contributed by atoms with E-state index >= 15 is 0 Å². The monoisotopic (exact) mass is 290 g/mol. The molecule has 2 aliphatic rings. The quantitative estimate of drug-likeness (QED) is 0.879. The van der Waals surface area contributed by atoms with Crippen molar-refractivity contribution in [1.29, 1.82) is 0 Å². The first-order valence-electron chi connectivity index (χ1n) is 8.40. The van der Waals surface area contributed by atoms with Crippen molar-refractivity contribution >= 4 is 5.69 Å². The lowest BCUT2D eigenvalue weighted by Gasteiger charge is -2.46. The maximum Gasteiger partial charge on any atom is 0.126 e. The van der Waals surface area contributed by atoms with E-state index in [1.807, 2.05) is 19.9 Å². The van der Waals surface area contributed by atoms with E-state index in [-0.39, 0.29) is 11.9 Å². The van der Waals surface area contributed by atoms with Crippen molar-refractivity contribution in [2.45, 2.75) is 64.5 Å².